The summed E-state index contributed by atoms with van der Waals surface area (Å²) >= 11 is 3.24. The van der Waals surface area contributed by atoms with Gasteiger partial charge in [-0.3, -0.25) is 0 Å². The topological polar surface area (TPSA) is 20.2 Å². The van der Waals surface area contributed by atoms with Gasteiger partial charge in [0.25, 0.3) is 0 Å². The van der Waals surface area contributed by atoms with Crippen LogP contribution in [0.25, 0.3) is 0 Å². The Labute approximate surface area is 129 Å². The Kier molecular flexibility index (Phi) is 5.35. The lowest BCUT2D eigenvalue weighted by molar-refractivity contribution is 0.129. The van der Waals surface area contributed by atoms with Crippen molar-refractivity contribution >= 4 is 23.5 Å². The number of hydrogen-bond acceptors (Lipinski definition) is 3. The maximum atomic E-state index is 10.3. The molecule has 0 radical (unpaired) electrons. The molecule has 2 aromatic carbocycles. The molecule has 0 fully saturated rings. The van der Waals surface area contributed by atoms with Crippen molar-refractivity contribution in [3.8, 4) is 0 Å². The highest BCUT2D eigenvalue weighted by Gasteiger charge is 2.20. The SMILES string of the molecule is CC(C)(O)/C(=C/Sc1ccccc1)Sc1ccccc1. The van der Waals surface area contributed by atoms with Crippen LogP contribution in [0.1, 0.15) is 13.8 Å². The number of aliphatic hydroxyl groups is 1. The van der Waals surface area contributed by atoms with Gasteiger partial charge in [-0.15, -0.1) is 0 Å². The Balaban J connectivity index is 2.16. The highest BCUT2D eigenvalue weighted by atomic mass is 32.2. The molecule has 104 valence electrons. The highest BCUT2D eigenvalue weighted by molar-refractivity contribution is 8.06. The van der Waals surface area contributed by atoms with Crippen LogP contribution in [-0.2, 0) is 0 Å². The summed E-state index contributed by atoms with van der Waals surface area (Å²) in [7, 11) is 0. The standard InChI is InChI=1S/C17H18OS2/c1-17(2,18)16(20-15-11-7-4-8-12-15)13-19-14-9-5-3-6-10-14/h3-13,18H,1-2H3/b16-13-. The number of hydrogen-bond donors (Lipinski definition) is 1. The van der Waals surface area contributed by atoms with Crippen molar-refractivity contribution in [3.63, 3.8) is 0 Å². The third-order valence-electron chi connectivity index (χ3n) is 2.62. The number of thioether (sulfide) groups is 2. The van der Waals surface area contributed by atoms with Gasteiger partial charge in [-0.2, -0.15) is 0 Å². The highest BCUT2D eigenvalue weighted by Crippen LogP contribution is 2.36. The maximum absolute atomic E-state index is 10.3. The molecule has 2 rings (SSSR count). The van der Waals surface area contributed by atoms with Gasteiger partial charge in [-0.25, -0.2) is 0 Å². The quantitative estimate of drug-likeness (QED) is 0.768. The first-order valence-corrected chi connectivity index (χ1v) is 8.13. The third-order valence-corrected chi connectivity index (χ3v) is 5.01. The number of rotatable bonds is 5. The van der Waals surface area contributed by atoms with E-state index in [1.807, 2.05) is 55.7 Å². The predicted octanol–water partition coefficient (Wildman–Crippen LogP) is 5.18. The Morgan fingerprint density at radius 1 is 0.900 bits per heavy atom. The molecule has 0 saturated carbocycles. The largest absolute Gasteiger partial charge is 0.385 e. The second-order valence-electron chi connectivity index (χ2n) is 4.89. The van der Waals surface area contributed by atoms with Gasteiger partial charge in [-0.05, 0) is 43.5 Å². The van der Waals surface area contributed by atoms with E-state index in [0.717, 1.165) is 9.80 Å². The molecule has 0 aromatic heterocycles. The van der Waals surface area contributed by atoms with Crippen LogP contribution in [0, 0.1) is 0 Å². The van der Waals surface area contributed by atoms with Crippen LogP contribution >= 0.6 is 23.5 Å². The van der Waals surface area contributed by atoms with Crippen molar-refractivity contribution in [2.24, 2.45) is 0 Å². The van der Waals surface area contributed by atoms with Crippen LogP contribution in [0.4, 0.5) is 0 Å². The molecular formula is C17H18OS2. The minimum atomic E-state index is -0.845. The van der Waals surface area contributed by atoms with E-state index in [9.17, 15) is 5.11 Å². The first kappa shape index (κ1) is 15.2. The van der Waals surface area contributed by atoms with E-state index in [2.05, 4.69) is 24.3 Å². The average molecular weight is 302 g/mol. The molecule has 0 unspecified atom stereocenters. The summed E-state index contributed by atoms with van der Waals surface area (Å²) in [5.41, 5.74) is -0.845. The lowest BCUT2D eigenvalue weighted by atomic mass is 10.1. The Bertz CT molecular complexity index is 557. The van der Waals surface area contributed by atoms with Gasteiger partial charge in [0.2, 0.25) is 0 Å². The first-order chi connectivity index (χ1) is 9.55. The van der Waals surface area contributed by atoms with Crippen LogP contribution in [0.15, 0.2) is 80.8 Å². The molecule has 0 atom stereocenters. The summed E-state index contributed by atoms with van der Waals surface area (Å²) in [6.07, 6.45) is 0. The molecule has 0 heterocycles. The van der Waals surface area contributed by atoms with Crippen molar-refractivity contribution < 1.29 is 5.11 Å². The molecule has 0 aliphatic carbocycles. The van der Waals surface area contributed by atoms with Gasteiger partial charge in [0.05, 0.1) is 5.60 Å². The second kappa shape index (κ2) is 7.02. The molecule has 1 nitrogen and oxygen atoms in total. The number of benzene rings is 2. The van der Waals surface area contributed by atoms with Gasteiger partial charge in [0.15, 0.2) is 0 Å². The summed E-state index contributed by atoms with van der Waals surface area (Å²) in [5.74, 6) is 0. The fourth-order valence-electron chi connectivity index (χ4n) is 1.53. The van der Waals surface area contributed by atoms with Crippen molar-refractivity contribution in [2.45, 2.75) is 29.2 Å². The summed E-state index contributed by atoms with van der Waals surface area (Å²) < 4.78 is 0. The molecule has 0 bridgehead atoms. The molecule has 0 spiro atoms. The molecular weight excluding hydrogens is 284 g/mol. The molecule has 20 heavy (non-hydrogen) atoms. The zero-order valence-corrected chi connectivity index (χ0v) is 13.2. The summed E-state index contributed by atoms with van der Waals surface area (Å²) in [6.45, 7) is 3.64. The molecule has 0 aliphatic rings. The van der Waals surface area contributed by atoms with E-state index in [1.54, 1.807) is 23.5 Å². The molecule has 1 N–H and O–H groups in total. The predicted molar refractivity (Wildman–Crippen MR) is 89.0 cm³/mol. The van der Waals surface area contributed by atoms with Crippen LogP contribution in [0.3, 0.4) is 0 Å². The second-order valence-corrected chi connectivity index (χ2v) is 6.95. The first-order valence-electron chi connectivity index (χ1n) is 6.43. The van der Waals surface area contributed by atoms with Gasteiger partial charge in [0.1, 0.15) is 0 Å². The van der Waals surface area contributed by atoms with E-state index in [-0.39, 0.29) is 0 Å². The molecule has 3 heteroatoms. The third kappa shape index (κ3) is 4.75. The summed E-state index contributed by atoms with van der Waals surface area (Å²) in [4.78, 5) is 3.25. The minimum absolute atomic E-state index is 0.845. The van der Waals surface area contributed by atoms with Crippen molar-refractivity contribution in [3.05, 3.63) is 71.0 Å². The Morgan fingerprint density at radius 2 is 1.40 bits per heavy atom. The van der Waals surface area contributed by atoms with Gasteiger partial charge >= 0.3 is 0 Å². The lowest BCUT2D eigenvalue weighted by Gasteiger charge is -2.21. The normalized spacial score (nSPS) is 12.4. The molecule has 0 amide bonds. The van der Waals surface area contributed by atoms with Gasteiger partial charge < -0.3 is 5.11 Å². The Hall–Kier alpha value is -1.16. The maximum Gasteiger partial charge on any atom is 0.0907 e. The van der Waals surface area contributed by atoms with Crippen LogP contribution in [-0.4, -0.2) is 10.7 Å². The van der Waals surface area contributed by atoms with Crippen molar-refractivity contribution in [1.29, 1.82) is 0 Å². The fourth-order valence-corrected chi connectivity index (χ4v) is 3.51. The molecule has 0 saturated heterocycles. The minimum Gasteiger partial charge on any atom is -0.385 e. The molecule has 0 aliphatic heterocycles. The lowest BCUT2D eigenvalue weighted by Crippen LogP contribution is -2.19. The Morgan fingerprint density at radius 3 is 1.90 bits per heavy atom. The zero-order valence-electron chi connectivity index (χ0n) is 11.6. The van der Waals surface area contributed by atoms with Crippen molar-refractivity contribution in [2.75, 3.05) is 0 Å². The van der Waals surface area contributed by atoms with E-state index in [1.165, 1.54) is 4.90 Å². The van der Waals surface area contributed by atoms with Crippen molar-refractivity contribution in [1.82, 2.24) is 0 Å². The fraction of sp³-hybridized carbons (Fsp3) is 0.176. The summed E-state index contributed by atoms with van der Waals surface area (Å²) in [6, 6.07) is 20.3. The summed E-state index contributed by atoms with van der Waals surface area (Å²) in [5, 5.41) is 12.3. The van der Waals surface area contributed by atoms with E-state index >= 15 is 0 Å². The van der Waals surface area contributed by atoms with Crippen LogP contribution in [0.2, 0.25) is 0 Å². The van der Waals surface area contributed by atoms with Gasteiger partial charge in [-0.1, -0.05) is 59.9 Å². The van der Waals surface area contributed by atoms with Gasteiger partial charge in [0, 0.05) is 14.7 Å². The smallest absolute Gasteiger partial charge is 0.0907 e. The van der Waals surface area contributed by atoms with Crippen LogP contribution < -0.4 is 0 Å². The zero-order chi connectivity index (χ0) is 14.4. The van der Waals surface area contributed by atoms with E-state index < -0.39 is 5.60 Å². The molecule has 2 aromatic rings. The van der Waals surface area contributed by atoms with Crippen LogP contribution in [0.5, 0.6) is 0 Å². The monoisotopic (exact) mass is 302 g/mol. The average Bonchev–Trinajstić information content (AvgIpc) is 2.44. The van der Waals surface area contributed by atoms with E-state index in [4.69, 9.17) is 0 Å². The van der Waals surface area contributed by atoms with E-state index in [0.29, 0.717) is 0 Å².